The van der Waals surface area contributed by atoms with Gasteiger partial charge in [-0.2, -0.15) is 5.53 Å². The van der Waals surface area contributed by atoms with Crippen LogP contribution >= 0.6 is 12.4 Å². The van der Waals surface area contributed by atoms with Crippen LogP contribution in [0.15, 0.2) is 0 Å². The monoisotopic (exact) mass is 109 g/mol. The third-order valence-corrected chi connectivity index (χ3v) is 0.552. The van der Waals surface area contributed by atoms with E-state index in [9.17, 15) is 0 Å². The van der Waals surface area contributed by atoms with Crippen molar-refractivity contribution in [2.45, 2.75) is 0 Å². The van der Waals surface area contributed by atoms with Crippen LogP contribution in [0.5, 0.6) is 0 Å². The Morgan fingerprint density at radius 3 is 1.67 bits per heavy atom. The highest BCUT2D eigenvalue weighted by atomic mass is 35.5. The van der Waals surface area contributed by atoms with Gasteiger partial charge in [0.1, 0.15) is 0 Å². The normalized spacial score (nSPS) is 20.0. The molecule has 1 saturated heterocycles. The molecule has 1 aliphatic heterocycles. The minimum absolute atomic E-state index is 0. The molecule has 1 rings (SSSR count). The van der Waals surface area contributed by atoms with Crippen LogP contribution in [0.4, 0.5) is 0 Å². The van der Waals surface area contributed by atoms with Crippen molar-refractivity contribution in [3.05, 3.63) is 0 Å². The molecule has 6 heavy (non-hydrogen) atoms. The molecular weight excluding hydrogens is 101 g/mol. The maximum atomic E-state index is 2.86. The highest BCUT2D eigenvalue weighted by Gasteiger charge is 1.89. The molecule has 0 spiro atoms. The largest absolute Gasteiger partial charge is 0.243 e. The van der Waals surface area contributed by atoms with Gasteiger partial charge >= 0.3 is 0 Å². The molecule has 38 valence electrons. The van der Waals surface area contributed by atoms with Crippen molar-refractivity contribution in [1.82, 2.24) is 16.4 Å². The Balaban J connectivity index is 0.000000250. The summed E-state index contributed by atoms with van der Waals surface area (Å²) < 4.78 is 0. The Bertz CT molecular complexity index is 20.4. The van der Waals surface area contributed by atoms with Crippen LogP contribution in [0.25, 0.3) is 0 Å². The highest BCUT2D eigenvalue weighted by Crippen LogP contribution is 1.54. The zero-order chi connectivity index (χ0) is 3.54. The minimum Gasteiger partial charge on any atom is -0.243 e. The molecule has 0 atom stereocenters. The molecule has 0 aromatic heterocycles. The molecule has 3 nitrogen and oxygen atoms in total. The third kappa shape index (κ3) is 1.57. The fourth-order valence-corrected chi connectivity index (χ4v) is 0.312. The van der Waals surface area contributed by atoms with E-state index >= 15 is 0 Å². The van der Waals surface area contributed by atoms with E-state index in [2.05, 4.69) is 16.4 Å². The smallest absolute Gasteiger partial charge is 0.0253 e. The van der Waals surface area contributed by atoms with Crippen LogP contribution in [0.2, 0.25) is 0 Å². The van der Waals surface area contributed by atoms with Crippen molar-refractivity contribution in [3.63, 3.8) is 0 Å². The van der Waals surface area contributed by atoms with Crippen LogP contribution in [0.3, 0.4) is 0 Å². The van der Waals surface area contributed by atoms with E-state index in [1.54, 1.807) is 0 Å². The summed E-state index contributed by atoms with van der Waals surface area (Å²) in [7, 11) is 0. The summed E-state index contributed by atoms with van der Waals surface area (Å²) in [5.41, 5.74) is 8.44. The lowest BCUT2D eigenvalue weighted by molar-refractivity contribution is 0.592. The predicted octanol–water partition coefficient (Wildman–Crippen LogP) is -0.979. The molecule has 1 fully saturated rings. The van der Waals surface area contributed by atoms with E-state index in [4.69, 9.17) is 0 Å². The average Bonchev–Trinajstić information content (AvgIpc) is 1.76. The Labute approximate surface area is 42.8 Å². The Kier molecular flexibility index (Phi) is 3.46. The molecule has 0 amide bonds. The van der Waals surface area contributed by atoms with Gasteiger partial charge in [0.05, 0.1) is 0 Å². The first-order chi connectivity index (χ1) is 2.50. The molecule has 1 aliphatic rings. The van der Waals surface area contributed by atoms with Gasteiger partial charge in [-0.05, 0) is 0 Å². The molecule has 0 saturated carbocycles. The van der Waals surface area contributed by atoms with Crippen molar-refractivity contribution >= 4 is 12.4 Å². The molecule has 1 heterocycles. The van der Waals surface area contributed by atoms with Gasteiger partial charge in [-0.15, -0.1) is 12.4 Å². The third-order valence-electron chi connectivity index (χ3n) is 0.552. The van der Waals surface area contributed by atoms with Crippen molar-refractivity contribution in [1.29, 1.82) is 0 Å². The fourth-order valence-electron chi connectivity index (χ4n) is 0.312. The van der Waals surface area contributed by atoms with E-state index in [1.165, 1.54) is 0 Å². The zero-order valence-electron chi connectivity index (χ0n) is 3.32. The van der Waals surface area contributed by atoms with Gasteiger partial charge in [0.2, 0.25) is 0 Å². The van der Waals surface area contributed by atoms with E-state index in [1.807, 2.05) is 0 Å². The van der Waals surface area contributed by atoms with Crippen LogP contribution in [0, 0.1) is 0 Å². The van der Waals surface area contributed by atoms with E-state index < -0.39 is 0 Å². The molecule has 0 bridgehead atoms. The second-order valence-electron chi connectivity index (χ2n) is 0.979. The summed E-state index contributed by atoms with van der Waals surface area (Å²) in [6.45, 7) is 2.06. The number of hydrazine groups is 2. The van der Waals surface area contributed by atoms with E-state index in [0.29, 0.717) is 0 Å². The Hall–Kier alpha value is 0.170. The summed E-state index contributed by atoms with van der Waals surface area (Å²) in [6, 6.07) is 0. The lowest BCUT2D eigenvalue weighted by Crippen LogP contribution is -2.29. The Morgan fingerprint density at radius 2 is 1.50 bits per heavy atom. The van der Waals surface area contributed by atoms with Crippen LogP contribution < -0.4 is 16.4 Å². The molecule has 0 aromatic carbocycles. The van der Waals surface area contributed by atoms with Crippen LogP contribution in [-0.2, 0) is 0 Å². The Morgan fingerprint density at radius 1 is 1.00 bits per heavy atom. The SMILES string of the molecule is C1CNNN1.Cl. The van der Waals surface area contributed by atoms with Gasteiger partial charge < -0.3 is 0 Å². The second-order valence-corrected chi connectivity index (χ2v) is 0.979. The number of rotatable bonds is 0. The van der Waals surface area contributed by atoms with Gasteiger partial charge in [-0.3, -0.25) is 0 Å². The molecular formula is C2H8ClN3. The maximum absolute atomic E-state index is 2.86. The number of nitrogens with one attached hydrogen (secondary N) is 3. The second kappa shape index (κ2) is 3.36. The summed E-state index contributed by atoms with van der Waals surface area (Å²) >= 11 is 0. The summed E-state index contributed by atoms with van der Waals surface area (Å²) in [6.07, 6.45) is 0. The van der Waals surface area contributed by atoms with Gasteiger partial charge in [0, 0.05) is 13.1 Å². The number of hydrogen-bond acceptors (Lipinski definition) is 3. The first-order valence-corrected chi connectivity index (χ1v) is 1.71. The highest BCUT2D eigenvalue weighted by molar-refractivity contribution is 5.85. The number of hydrogen-bond donors (Lipinski definition) is 3. The molecule has 0 aliphatic carbocycles. The molecule has 4 heteroatoms. The first-order valence-electron chi connectivity index (χ1n) is 1.71. The lowest BCUT2D eigenvalue weighted by atomic mass is 10.7. The lowest BCUT2D eigenvalue weighted by Gasteiger charge is -1.82. The van der Waals surface area contributed by atoms with Crippen molar-refractivity contribution in [2.75, 3.05) is 13.1 Å². The van der Waals surface area contributed by atoms with Crippen molar-refractivity contribution in [2.24, 2.45) is 0 Å². The van der Waals surface area contributed by atoms with Gasteiger partial charge in [-0.1, -0.05) is 0 Å². The maximum Gasteiger partial charge on any atom is 0.0253 e. The standard InChI is InChI=1S/C2H7N3.ClH/c1-2-4-5-3-1;/h3-5H,1-2H2;1H. The van der Waals surface area contributed by atoms with E-state index in [0.717, 1.165) is 13.1 Å². The van der Waals surface area contributed by atoms with Crippen LogP contribution in [-0.4, -0.2) is 13.1 Å². The van der Waals surface area contributed by atoms with Gasteiger partial charge in [0.25, 0.3) is 0 Å². The zero-order valence-corrected chi connectivity index (χ0v) is 4.14. The summed E-state index contributed by atoms with van der Waals surface area (Å²) in [5, 5.41) is 0. The fraction of sp³-hybridized carbons (Fsp3) is 1.00. The molecule has 0 unspecified atom stereocenters. The minimum atomic E-state index is 0. The van der Waals surface area contributed by atoms with E-state index in [-0.39, 0.29) is 12.4 Å². The quantitative estimate of drug-likeness (QED) is 0.374. The topological polar surface area (TPSA) is 36.1 Å². The average molecular weight is 110 g/mol. The van der Waals surface area contributed by atoms with Crippen LogP contribution in [0.1, 0.15) is 0 Å². The number of halogens is 1. The van der Waals surface area contributed by atoms with Gasteiger partial charge in [0.15, 0.2) is 0 Å². The molecule has 3 N–H and O–H groups in total. The molecule has 0 aromatic rings. The van der Waals surface area contributed by atoms with Gasteiger partial charge in [-0.25, -0.2) is 10.9 Å². The summed E-state index contributed by atoms with van der Waals surface area (Å²) in [4.78, 5) is 0. The first kappa shape index (κ1) is 6.17. The van der Waals surface area contributed by atoms with Crippen molar-refractivity contribution in [3.8, 4) is 0 Å². The summed E-state index contributed by atoms with van der Waals surface area (Å²) in [5.74, 6) is 0. The van der Waals surface area contributed by atoms with Crippen molar-refractivity contribution < 1.29 is 0 Å². The molecule has 0 radical (unpaired) electrons. The predicted molar refractivity (Wildman–Crippen MR) is 26.4 cm³/mol.